The van der Waals surface area contributed by atoms with Crippen LogP contribution in [0.5, 0.6) is 0 Å². The number of nitrogens with two attached hydrogens (primary N) is 1. The van der Waals surface area contributed by atoms with Crippen LogP contribution < -0.4 is 15.3 Å². The number of nitrogens with one attached hydrogen (secondary N) is 2. The van der Waals surface area contributed by atoms with Crippen molar-refractivity contribution < 1.29 is 12.8 Å². The minimum absolute atomic E-state index is 0.0452. The molecule has 0 atom stereocenters. The third-order valence-corrected chi connectivity index (χ3v) is 4.69. The first-order valence-corrected chi connectivity index (χ1v) is 7.93. The van der Waals surface area contributed by atoms with Gasteiger partial charge in [-0.15, -0.1) is 0 Å². The third kappa shape index (κ3) is 3.31. The Morgan fingerprint density at radius 3 is 2.75 bits per heavy atom. The molecule has 0 aliphatic heterocycles. The zero-order valence-electron chi connectivity index (χ0n) is 10.2. The maximum atomic E-state index is 13.3. The Balaban J connectivity index is 2.19. The Kier molecular flexibility index (Phi) is 4.33. The van der Waals surface area contributed by atoms with Gasteiger partial charge in [0.1, 0.15) is 5.82 Å². The van der Waals surface area contributed by atoms with Gasteiger partial charge in [0.15, 0.2) is 0 Å². The molecule has 2 aromatic rings. The summed E-state index contributed by atoms with van der Waals surface area (Å²) in [5, 5.41) is 1.53. The number of H-pyrrole nitrogens is 1. The van der Waals surface area contributed by atoms with Gasteiger partial charge in [0.25, 0.3) is 0 Å². The first kappa shape index (κ1) is 14.9. The normalized spacial score (nSPS) is 11.7. The molecular formula is C11H12FN3O3S2. The summed E-state index contributed by atoms with van der Waals surface area (Å²) in [4.78, 5) is 13.1. The number of thiazole rings is 1. The average molecular weight is 317 g/mol. The molecule has 0 aliphatic rings. The summed E-state index contributed by atoms with van der Waals surface area (Å²) in [5.74, 6) is -0.548. The molecule has 0 spiro atoms. The van der Waals surface area contributed by atoms with Gasteiger partial charge in [-0.05, 0) is 18.2 Å². The second-order valence-corrected chi connectivity index (χ2v) is 6.56. The Morgan fingerprint density at radius 2 is 2.15 bits per heavy atom. The summed E-state index contributed by atoms with van der Waals surface area (Å²) in [6.45, 7) is -0.135. The molecule has 0 bridgehead atoms. The monoisotopic (exact) mass is 317 g/mol. The summed E-state index contributed by atoms with van der Waals surface area (Å²) in [7, 11) is -3.79. The average Bonchev–Trinajstić information content (AvgIpc) is 2.83. The van der Waals surface area contributed by atoms with E-state index in [-0.39, 0.29) is 28.4 Å². The molecule has 0 radical (unpaired) electrons. The van der Waals surface area contributed by atoms with E-state index in [9.17, 15) is 17.6 Å². The first-order valence-electron chi connectivity index (χ1n) is 5.57. The van der Waals surface area contributed by atoms with E-state index in [0.717, 1.165) is 23.5 Å². The van der Waals surface area contributed by atoms with E-state index >= 15 is 0 Å². The lowest BCUT2D eigenvalue weighted by Gasteiger charge is -2.07. The summed E-state index contributed by atoms with van der Waals surface area (Å²) < 4.78 is 39.7. The maximum Gasteiger partial charge on any atom is 0.304 e. The molecular weight excluding hydrogens is 305 g/mol. The standard InChI is InChI=1S/C11H12FN3O3S2/c12-10-2-1-9(3-7(10)4-13)20(17,18)14-5-8-6-19-11(16)15-8/h1-3,6,14H,4-5,13H2,(H,15,16). The smallest absolute Gasteiger partial charge is 0.304 e. The summed E-state index contributed by atoms with van der Waals surface area (Å²) in [5.41, 5.74) is 5.92. The SMILES string of the molecule is NCc1cc(S(=O)(=O)NCc2csc(=O)[nH]2)ccc1F. The highest BCUT2D eigenvalue weighted by Crippen LogP contribution is 2.15. The fourth-order valence-electron chi connectivity index (χ4n) is 1.53. The second-order valence-electron chi connectivity index (χ2n) is 3.96. The van der Waals surface area contributed by atoms with E-state index < -0.39 is 15.8 Å². The maximum absolute atomic E-state index is 13.3. The number of hydrogen-bond acceptors (Lipinski definition) is 5. The van der Waals surface area contributed by atoms with Crippen LogP contribution in [0.15, 0.2) is 33.3 Å². The molecule has 0 unspecified atom stereocenters. The van der Waals surface area contributed by atoms with Crippen LogP contribution in [0.25, 0.3) is 0 Å². The third-order valence-electron chi connectivity index (χ3n) is 2.57. The van der Waals surface area contributed by atoms with Crippen molar-refractivity contribution in [1.82, 2.24) is 9.71 Å². The van der Waals surface area contributed by atoms with Crippen molar-refractivity contribution in [2.75, 3.05) is 0 Å². The molecule has 0 saturated heterocycles. The lowest BCUT2D eigenvalue weighted by atomic mass is 10.2. The Morgan fingerprint density at radius 1 is 1.40 bits per heavy atom. The van der Waals surface area contributed by atoms with E-state index in [2.05, 4.69) is 9.71 Å². The van der Waals surface area contributed by atoms with Gasteiger partial charge in [-0.25, -0.2) is 17.5 Å². The van der Waals surface area contributed by atoms with E-state index in [1.54, 1.807) is 0 Å². The molecule has 108 valence electrons. The highest BCUT2D eigenvalue weighted by molar-refractivity contribution is 7.89. The Hall–Kier alpha value is -1.55. The Bertz CT molecular complexity index is 767. The Labute approximate surface area is 118 Å². The van der Waals surface area contributed by atoms with Gasteiger partial charge in [-0.3, -0.25) is 4.79 Å². The molecule has 0 amide bonds. The van der Waals surface area contributed by atoms with E-state index in [1.165, 1.54) is 11.4 Å². The molecule has 1 aromatic heterocycles. The summed E-state index contributed by atoms with van der Waals surface area (Å²) in [6, 6.07) is 3.41. The number of halogens is 1. The predicted octanol–water partition coefficient (Wildman–Crippen LogP) is 0.513. The highest BCUT2D eigenvalue weighted by Gasteiger charge is 2.16. The predicted molar refractivity (Wildman–Crippen MR) is 73.3 cm³/mol. The number of benzene rings is 1. The van der Waals surface area contributed by atoms with Crippen LogP contribution in [0.2, 0.25) is 0 Å². The van der Waals surface area contributed by atoms with Crippen LogP contribution in [0.1, 0.15) is 11.3 Å². The lowest BCUT2D eigenvalue weighted by Crippen LogP contribution is -2.24. The molecule has 4 N–H and O–H groups in total. The van der Waals surface area contributed by atoms with E-state index in [1.807, 2.05) is 0 Å². The van der Waals surface area contributed by atoms with Crippen LogP contribution in [0, 0.1) is 5.82 Å². The zero-order valence-corrected chi connectivity index (χ0v) is 11.9. The molecule has 0 fully saturated rings. The topological polar surface area (TPSA) is 105 Å². The second kappa shape index (κ2) is 5.83. The number of aromatic amines is 1. The largest absolute Gasteiger partial charge is 0.326 e. The van der Waals surface area contributed by atoms with Crippen molar-refractivity contribution in [3.05, 3.63) is 50.3 Å². The number of aromatic nitrogens is 1. The molecule has 6 nitrogen and oxygen atoms in total. The van der Waals surface area contributed by atoms with Crippen molar-refractivity contribution in [2.24, 2.45) is 5.73 Å². The molecule has 9 heteroatoms. The van der Waals surface area contributed by atoms with Crippen molar-refractivity contribution in [3.63, 3.8) is 0 Å². The number of sulfonamides is 1. The van der Waals surface area contributed by atoms with E-state index in [0.29, 0.717) is 5.69 Å². The van der Waals surface area contributed by atoms with Crippen LogP contribution in [-0.4, -0.2) is 13.4 Å². The molecule has 0 saturated carbocycles. The minimum atomic E-state index is -3.79. The molecule has 0 aliphatic carbocycles. The lowest BCUT2D eigenvalue weighted by molar-refractivity contribution is 0.578. The van der Waals surface area contributed by atoms with Gasteiger partial charge in [0, 0.05) is 23.2 Å². The summed E-state index contributed by atoms with van der Waals surface area (Å²) in [6.07, 6.45) is 0. The summed E-state index contributed by atoms with van der Waals surface area (Å²) >= 11 is 0.947. The number of rotatable bonds is 5. The van der Waals surface area contributed by atoms with Gasteiger partial charge in [-0.2, -0.15) is 0 Å². The quantitative estimate of drug-likeness (QED) is 0.747. The highest BCUT2D eigenvalue weighted by atomic mass is 32.2. The van der Waals surface area contributed by atoms with Gasteiger partial charge in [-0.1, -0.05) is 11.3 Å². The van der Waals surface area contributed by atoms with Crippen molar-refractivity contribution in [2.45, 2.75) is 18.0 Å². The van der Waals surface area contributed by atoms with Crippen LogP contribution in [-0.2, 0) is 23.1 Å². The van der Waals surface area contributed by atoms with Gasteiger partial charge >= 0.3 is 4.87 Å². The van der Waals surface area contributed by atoms with Crippen molar-refractivity contribution in [3.8, 4) is 0 Å². The number of hydrogen-bond donors (Lipinski definition) is 3. The molecule has 2 rings (SSSR count). The van der Waals surface area contributed by atoms with Crippen LogP contribution in [0.4, 0.5) is 4.39 Å². The van der Waals surface area contributed by atoms with Gasteiger partial charge in [0.2, 0.25) is 10.0 Å². The van der Waals surface area contributed by atoms with E-state index in [4.69, 9.17) is 5.73 Å². The zero-order chi connectivity index (χ0) is 14.8. The molecule has 1 heterocycles. The van der Waals surface area contributed by atoms with Crippen LogP contribution in [0.3, 0.4) is 0 Å². The van der Waals surface area contributed by atoms with Gasteiger partial charge < -0.3 is 10.7 Å². The van der Waals surface area contributed by atoms with Crippen LogP contribution >= 0.6 is 11.3 Å². The minimum Gasteiger partial charge on any atom is -0.326 e. The first-order chi connectivity index (χ1) is 9.42. The van der Waals surface area contributed by atoms with Gasteiger partial charge in [0.05, 0.1) is 11.4 Å². The van der Waals surface area contributed by atoms with Crippen molar-refractivity contribution >= 4 is 21.4 Å². The molecule has 20 heavy (non-hydrogen) atoms. The van der Waals surface area contributed by atoms with Crippen molar-refractivity contribution in [1.29, 1.82) is 0 Å². The fraction of sp³-hybridized carbons (Fsp3) is 0.182. The fourth-order valence-corrected chi connectivity index (χ4v) is 3.17. The molecule has 1 aromatic carbocycles.